The van der Waals surface area contributed by atoms with E-state index in [1.165, 1.54) is 6.07 Å². The first kappa shape index (κ1) is 12.6. The van der Waals surface area contributed by atoms with E-state index in [9.17, 15) is 4.39 Å². The quantitative estimate of drug-likeness (QED) is 0.764. The van der Waals surface area contributed by atoms with Crippen molar-refractivity contribution in [1.29, 1.82) is 0 Å². The molecular weight excluding hydrogens is 251 g/mol. The lowest BCUT2D eigenvalue weighted by molar-refractivity contribution is 0.613. The number of nitrogens with zero attached hydrogens (tertiary/aromatic N) is 1. The Labute approximate surface area is 117 Å². The molecule has 3 rings (SSSR count). The second-order valence-corrected chi connectivity index (χ2v) is 4.77. The van der Waals surface area contributed by atoms with E-state index in [2.05, 4.69) is 10.3 Å². The van der Waals surface area contributed by atoms with Gasteiger partial charge in [-0.05, 0) is 25.1 Å². The lowest BCUT2D eigenvalue weighted by atomic mass is 10.1. The number of aromatic nitrogens is 1. The number of pyridine rings is 1. The lowest BCUT2D eigenvalue weighted by Gasteiger charge is -2.10. The fraction of sp³-hybridized carbons (Fsp3) is 0.118. The van der Waals surface area contributed by atoms with Crippen LogP contribution in [0.4, 0.5) is 10.1 Å². The van der Waals surface area contributed by atoms with Crippen LogP contribution in [0.1, 0.15) is 11.3 Å². The van der Waals surface area contributed by atoms with E-state index < -0.39 is 0 Å². The molecule has 0 radical (unpaired) electrons. The van der Waals surface area contributed by atoms with Gasteiger partial charge >= 0.3 is 0 Å². The second kappa shape index (κ2) is 5.29. The molecule has 0 saturated heterocycles. The minimum absolute atomic E-state index is 0.190. The molecule has 0 saturated carbocycles. The Hall–Kier alpha value is -2.42. The molecule has 100 valence electrons. The predicted octanol–water partition coefficient (Wildman–Crippen LogP) is 4.29. The number of aryl methyl sites for hydroxylation is 1. The number of hydrogen-bond acceptors (Lipinski definition) is 2. The molecular formula is C17H15FN2. The molecule has 1 heterocycles. The van der Waals surface area contributed by atoms with Gasteiger partial charge in [-0.25, -0.2) is 4.39 Å². The van der Waals surface area contributed by atoms with E-state index in [0.717, 1.165) is 22.3 Å². The van der Waals surface area contributed by atoms with E-state index in [0.29, 0.717) is 12.1 Å². The molecule has 2 nitrogen and oxygen atoms in total. The van der Waals surface area contributed by atoms with Crippen molar-refractivity contribution in [3.63, 3.8) is 0 Å². The summed E-state index contributed by atoms with van der Waals surface area (Å²) in [6.45, 7) is 2.41. The molecule has 3 aromatic rings. The van der Waals surface area contributed by atoms with Gasteiger partial charge < -0.3 is 5.32 Å². The van der Waals surface area contributed by atoms with Crippen LogP contribution in [0.3, 0.4) is 0 Å². The summed E-state index contributed by atoms with van der Waals surface area (Å²) in [5.74, 6) is -0.190. The number of anilines is 1. The monoisotopic (exact) mass is 266 g/mol. The van der Waals surface area contributed by atoms with Crippen molar-refractivity contribution in [2.24, 2.45) is 0 Å². The number of rotatable bonds is 3. The molecule has 3 heteroatoms. The van der Waals surface area contributed by atoms with Crippen LogP contribution >= 0.6 is 0 Å². The molecule has 0 bridgehead atoms. The number of halogens is 1. The van der Waals surface area contributed by atoms with Gasteiger partial charge in [-0.1, -0.05) is 36.4 Å². The highest BCUT2D eigenvalue weighted by Gasteiger charge is 2.04. The van der Waals surface area contributed by atoms with Crippen LogP contribution in [0.5, 0.6) is 0 Å². The Bertz CT molecular complexity index is 753. The minimum atomic E-state index is -0.190. The molecule has 0 aliphatic heterocycles. The Morgan fingerprint density at radius 1 is 1.00 bits per heavy atom. The van der Waals surface area contributed by atoms with Crippen molar-refractivity contribution in [1.82, 2.24) is 4.98 Å². The van der Waals surface area contributed by atoms with Crippen molar-refractivity contribution < 1.29 is 4.39 Å². The third kappa shape index (κ3) is 2.48. The zero-order chi connectivity index (χ0) is 13.9. The smallest absolute Gasteiger partial charge is 0.128 e. The summed E-state index contributed by atoms with van der Waals surface area (Å²) in [5, 5.41) is 4.35. The second-order valence-electron chi connectivity index (χ2n) is 4.77. The number of nitrogens with one attached hydrogen (secondary N) is 1. The maximum atomic E-state index is 13.6. The van der Waals surface area contributed by atoms with Crippen LogP contribution in [0.15, 0.2) is 54.6 Å². The first-order chi connectivity index (χ1) is 9.74. The van der Waals surface area contributed by atoms with Crippen LogP contribution in [-0.4, -0.2) is 4.98 Å². The summed E-state index contributed by atoms with van der Waals surface area (Å²) >= 11 is 0. The zero-order valence-electron chi connectivity index (χ0n) is 11.2. The molecule has 0 aliphatic rings. The fourth-order valence-electron chi connectivity index (χ4n) is 2.22. The van der Waals surface area contributed by atoms with E-state index in [4.69, 9.17) is 0 Å². The molecule has 0 fully saturated rings. The molecule has 20 heavy (non-hydrogen) atoms. The van der Waals surface area contributed by atoms with Gasteiger partial charge in [-0.15, -0.1) is 0 Å². The number of benzene rings is 2. The molecule has 0 aliphatic carbocycles. The average Bonchev–Trinajstić information content (AvgIpc) is 2.46. The van der Waals surface area contributed by atoms with Crippen molar-refractivity contribution >= 4 is 16.6 Å². The van der Waals surface area contributed by atoms with Gasteiger partial charge in [0.15, 0.2) is 0 Å². The van der Waals surface area contributed by atoms with E-state index >= 15 is 0 Å². The summed E-state index contributed by atoms with van der Waals surface area (Å²) in [6, 6.07) is 16.8. The highest BCUT2D eigenvalue weighted by molar-refractivity contribution is 5.90. The van der Waals surface area contributed by atoms with Gasteiger partial charge in [0.1, 0.15) is 5.82 Å². The van der Waals surface area contributed by atoms with E-state index in [1.807, 2.05) is 43.3 Å². The van der Waals surface area contributed by atoms with Gasteiger partial charge in [0.05, 0.1) is 11.2 Å². The molecule has 1 N–H and O–H groups in total. The van der Waals surface area contributed by atoms with E-state index in [-0.39, 0.29) is 5.82 Å². The Morgan fingerprint density at radius 2 is 1.85 bits per heavy atom. The molecule has 0 amide bonds. The Balaban J connectivity index is 1.91. The summed E-state index contributed by atoms with van der Waals surface area (Å²) < 4.78 is 13.6. The predicted molar refractivity (Wildman–Crippen MR) is 80.2 cm³/mol. The van der Waals surface area contributed by atoms with Crippen LogP contribution in [0.25, 0.3) is 10.9 Å². The normalized spacial score (nSPS) is 10.7. The zero-order valence-corrected chi connectivity index (χ0v) is 11.2. The van der Waals surface area contributed by atoms with Gasteiger partial charge in [0.2, 0.25) is 0 Å². The summed E-state index contributed by atoms with van der Waals surface area (Å²) in [5.41, 5.74) is 3.47. The van der Waals surface area contributed by atoms with Crippen molar-refractivity contribution in [3.8, 4) is 0 Å². The number of fused-ring (bicyclic) bond motifs is 1. The van der Waals surface area contributed by atoms with Crippen LogP contribution in [0.2, 0.25) is 0 Å². The average molecular weight is 266 g/mol. The largest absolute Gasteiger partial charge is 0.379 e. The first-order valence-electron chi connectivity index (χ1n) is 6.58. The molecule has 0 spiro atoms. The maximum absolute atomic E-state index is 13.6. The van der Waals surface area contributed by atoms with E-state index in [1.54, 1.807) is 12.1 Å². The molecule has 0 unspecified atom stereocenters. The third-order valence-corrected chi connectivity index (χ3v) is 3.29. The topological polar surface area (TPSA) is 24.9 Å². The summed E-state index contributed by atoms with van der Waals surface area (Å²) in [4.78, 5) is 4.55. The number of hydrogen-bond donors (Lipinski definition) is 1. The van der Waals surface area contributed by atoms with Gasteiger partial charge in [0.25, 0.3) is 0 Å². The van der Waals surface area contributed by atoms with Crippen molar-refractivity contribution in [3.05, 3.63) is 71.7 Å². The third-order valence-electron chi connectivity index (χ3n) is 3.29. The van der Waals surface area contributed by atoms with Crippen molar-refractivity contribution in [2.45, 2.75) is 13.5 Å². The standard InChI is InChI=1S/C17H15FN2/c1-12-9-10-13-6-4-8-16(17(13)20-12)19-11-14-5-2-3-7-15(14)18/h2-10,19H,11H2,1H3. The summed E-state index contributed by atoms with van der Waals surface area (Å²) in [7, 11) is 0. The van der Waals surface area contributed by atoms with Crippen LogP contribution in [-0.2, 0) is 6.54 Å². The SMILES string of the molecule is Cc1ccc2cccc(NCc3ccccc3F)c2n1. The van der Waals surface area contributed by atoms with Gasteiger partial charge in [0, 0.05) is 23.2 Å². The Morgan fingerprint density at radius 3 is 2.70 bits per heavy atom. The highest BCUT2D eigenvalue weighted by atomic mass is 19.1. The molecule has 1 aromatic heterocycles. The summed E-state index contributed by atoms with van der Waals surface area (Å²) in [6.07, 6.45) is 0. The first-order valence-corrected chi connectivity index (χ1v) is 6.58. The molecule has 0 atom stereocenters. The Kier molecular flexibility index (Phi) is 3.33. The minimum Gasteiger partial charge on any atom is -0.379 e. The number of para-hydroxylation sites is 1. The highest BCUT2D eigenvalue weighted by Crippen LogP contribution is 2.22. The van der Waals surface area contributed by atoms with Crippen LogP contribution in [0, 0.1) is 12.7 Å². The van der Waals surface area contributed by atoms with Gasteiger partial charge in [-0.3, -0.25) is 4.98 Å². The lowest BCUT2D eigenvalue weighted by Crippen LogP contribution is -2.02. The van der Waals surface area contributed by atoms with Crippen molar-refractivity contribution in [2.75, 3.05) is 5.32 Å². The van der Waals surface area contributed by atoms with Crippen LogP contribution < -0.4 is 5.32 Å². The fourth-order valence-corrected chi connectivity index (χ4v) is 2.22. The molecule has 2 aromatic carbocycles. The maximum Gasteiger partial charge on any atom is 0.128 e. The van der Waals surface area contributed by atoms with Gasteiger partial charge in [-0.2, -0.15) is 0 Å².